The fraction of sp³-hybridized carbons (Fsp3) is 0.222. The standard InChI is InChI=1S/C8H10N2O.CH4/c1-5(11)6-2-7(9)4-8(10)3-6;/h2-4H,9-10H2,1H3;1H4. The number of nitrogens with two attached hydrogens (primary N) is 2. The van der Waals surface area contributed by atoms with Gasteiger partial charge in [0, 0.05) is 16.9 Å². The molecule has 1 rings (SSSR count). The zero-order valence-electron chi connectivity index (χ0n) is 6.29. The molecule has 1 aromatic rings. The summed E-state index contributed by atoms with van der Waals surface area (Å²) in [6.07, 6.45) is 0. The number of hydrogen-bond donors (Lipinski definition) is 2. The van der Waals surface area contributed by atoms with Crippen molar-refractivity contribution in [3.05, 3.63) is 23.8 Å². The monoisotopic (exact) mass is 166 g/mol. The van der Waals surface area contributed by atoms with Crippen molar-refractivity contribution in [2.24, 2.45) is 0 Å². The van der Waals surface area contributed by atoms with Gasteiger partial charge in [0.15, 0.2) is 5.78 Å². The molecule has 0 aliphatic rings. The lowest BCUT2D eigenvalue weighted by Crippen LogP contribution is -1.97. The molecule has 0 aliphatic heterocycles. The lowest BCUT2D eigenvalue weighted by molar-refractivity contribution is 0.101. The third kappa shape index (κ3) is 2.27. The maximum Gasteiger partial charge on any atom is 0.159 e. The van der Waals surface area contributed by atoms with E-state index < -0.39 is 0 Å². The largest absolute Gasteiger partial charge is 0.399 e. The van der Waals surface area contributed by atoms with Gasteiger partial charge in [0.25, 0.3) is 0 Å². The zero-order valence-corrected chi connectivity index (χ0v) is 6.29. The Hall–Kier alpha value is -1.51. The highest BCUT2D eigenvalue weighted by Gasteiger charge is 2.00. The zero-order chi connectivity index (χ0) is 8.43. The predicted molar refractivity (Wildman–Crippen MR) is 52.0 cm³/mol. The predicted octanol–water partition coefficient (Wildman–Crippen LogP) is 1.69. The van der Waals surface area contributed by atoms with Gasteiger partial charge < -0.3 is 11.5 Å². The number of nitrogen functional groups attached to an aromatic ring is 2. The van der Waals surface area contributed by atoms with E-state index in [0.29, 0.717) is 16.9 Å². The van der Waals surface area contributed by atoms with Crippen LogP contribution in [0.5, 0.6) is 0 Å². The highest BCUT2D eigenvalue weighted by molar-refractivity contribution is 5.95. The molecule has 0 aromatic heterocycles. The number of benzene rings is 1. The molecule has 0 unspecified atom stereocenters. The lowest BCUT2D eigenvalue weighted by atomic mass is 10.1. The molecule has 0 saturated carbocycles. The molecular weight excluding hydrogens is 152 g/mol. The molecule has 66 valence electrons. The summed E-state index contributed by atoms with van der Waals surface area (Å²) in [5.41, 5.74) is 12.5. The first kappa shape index (κ1) is 10.5. The van der Waals surface area contributed by atoms with Crippen molar-refractivity contribution in [3.63, 3.8) is 0 Å². The van der Waals surface area contributed by atoms with Crippen molar-refractivity contribution in [3.8, 4) is 0 Å². The fourth-order valence-corrected chi connectivity index (χ4v) is 0.880. The van der Waals surface area contributed by atoms with Crippen LogP contribution in [0.3, 0.4) is 0 Å². The molecule has 0 heterocycles. The Balaban J connectivity index is 0.00000121. The Morgan fingerprint density at radius 1 is 1.17 bits per heavy atom. The van der Waals surface area contributed by atoms with Crippen LogP contribution >= 0.6 is 0 Å². The summed E-state index contributed by atoms with van der Waals surface area (Å²) < 4.78 is 0. The van der Waals surface area contributed by atoms with E-state index in [1.165, 1.54) is 6.92 Å². The number of ketones is 1. The van der Waals surface area contributed by atoms with Crippen molar-refractivity contribution in [1.82, 2.24) is 0 Å². The Kier molecular flexibility index (Phi) is 3.29. The topological polar surface area (TPSA) is 69.1 Å². The Labute approximate surface area is 72.4 Å². The first-order valence-electron chi connectivity index (χ1n) is 3.26. The Bertz CT molecular complexity index is 274. The van der Waals surface area contributed by atoms with Gasteiger partial charge in [-0.05, 0) is 25.1 Å². The highest BCUT2D eigenvalue weighted by Crippen LogP contribution is 2.13. The molecule has 1 aromatic carbocycles. The third-order valence-corrected chi connectivity index (χ3v) is 1.38. The van der Waals surface area contributed by atoms with Crippen LogP contribution in [-0.4, -0.2) is 5.78 Å². The average molecular weight is 166 g/mol. The van der Waals surface area contributed by atoms with Crippen molar-refractivity contribution < 1.29 is 4.79 Å². The van der Waals surface area contributed by atoms with E-state index >= 15 is 0 Å². The second-order valence-electron chi connectivity index (χ2n) is 2.44. The SMILES string of the molecule is C.CC(=O)c1cc(N)cc(N)c1. The van der Waals surface area contributed by atoms with E-state index in [9.17, 15) is 4.79 Å². The molecule has 0 saturated heterocycles. The van der Waals surface area contributed by atoms with Crippen LogP contribution in [-0.2, 0) is 0 Å². The lowest BCUT2D eigenvalue weighted by Gasteiger charge is -1.99. The molecule has 3 heteroatoms. The molecule has 12 heavy (non-hydrogen) atoms. The molecule has 0 bridgehead atoms. The van der Waals surface area contributed by atoms with Gasteiger partial charge in [-0.25, -0.2) is 0 Å². The van der Waals surface area contributed by atoms with E-state index in [1.807, 2.05) is 0 Å². The van der Waals surface area contributed by atoms with Crippen LogP contribution < -0.4 is 11.5 Å². The van der Waals surface area contributed by atoms with Gasteiger partial charge in [0.1, 0.15) is 0 Å². The first-order chi connectivity index (χ1) is 5.09. The molecule has 0 amide bonds. The normalized spacial score (nSPS) is 8.75. The van der Waals surface area contributed by atoms with Crippen LogP contribution in [0.2, 0.25) is 0 Å². The maximum atomic E-state index is 10.8. The summed E-state index contributed by atoms with van der Waals surface area (Å²) in [6.45, 7) is 1.48. The number of hydrogen-bond acceptors (Lipinski definition) is 3. The quantitative estimate of drug-likeness (QED) is 0.492. The Morgan fingerprint density at radius 2 is 1.58 bits per heavy atom. The van der Waals surface area contributed by atoms with E-state index in [0.717, 1.165) is 0 Å². The number of carbonyl (C=O) groups excluding carboxylic acids is 1. The molecule has 0 fully saturated rings. The van der Waals surface area contributed by atoms with Crippen molar-refractivity contribution in [1.29, 1.82) is 0 Å². The van der Waals surface area contributed by atoms with E-state index in [2.05, 4.69) is 0 Å². The molecule has 0 radical (unpaired) electrons. The molecule has 0 atom stereocenters. The van der Waals surface area contributed by atoms with Crippen molar-refractivity contribution >= 4 is 17.2 Å². The van der Waals surface area contributed by atoms with Gasteiger partial charge in [-0.15, -0.1) is 0 Å². The second kappa shape index (κ2) is 3.76. The van der Waals surface area contributed by atoms with Crippen LogP contribution in [0, 0.1) is 0 Å². The molecular formula is C9H14N2O. The van der Waals surface area contributed by atoms with Gasteiger partial charge in [-0.1, -0.05) is 7.43 Å². The van der Waals surface area contributed by atoms with Crippen LogP contribution in [0.4, 0.5) is 11.4 Å². The third-order valence-electron chi connectivity index (χ3n) is 1.38. The van der Waals surface area contributed by atoms with E-state index in [4.69, 9.17) is 11.5 Å². The maximum absolute atomic E-state index is 10.8. The van der Waals surface area contributed by atoms with E-state index in [-0.39, 0.29) is 13.2 Å². The van der Waals surface area contributed by atoms with Gasteiger partial charge >= 0.3 is 0 Å². The fourth-order valence-electron chi connectivity index (χ4n) is 0.880. The number of carbonyl (C=O) groups is 1. The van der Waals surface area contributed by atoms with Crippen molar-refractivity contribution in [2.75, 3.05) is 11.5 Å². The molecule has 0 aliphatic carbocycles. The Morgan fingerprint density at radius 3 is 1.92 bits per heavy atom. The minimum Gasteiger partial charge on any atom is -0.399 e. The summed E-state index contributed by atoms with van der Waals surface area (Å²) >= 11 is 0. The average Bonchev–Trinajstić information content (AvgIpc) is 1.85. The summed E-state index contributed by atoms with van der Waals surface area (Å²) in [6, 6.07) is 4.84. The van der Waals surface area contributed by atoms with Crippen LogP contribution in [0.15, 0.2) is 18.2 Å². The number of anilines is 2. The van der Waals surface area contributed by atoms with Crippen LogP contribution in [0.1, 0.15) is 24.7 Å². The van der Waals surface area contributed by atoms with E-state index in [1.54, 1.807) is 18.2 Å². The number of rotatable bonds is 1. The second-order valence-corrected chi connectivity index (χ2v) is 2.44. The summed E-state index contributed by atoms with van der Waals surface area (Å²) in [5, 5.41) is 0. The summed E-state index contributed by atoms with van der Waals surface area (Å²) in [4.78, 5) is 10.8. The van der Waals surface area contributed by atoms with Gasteiger partial charge in [-0.2, -0.15) is 0 Å². The molecule has 0 spiro atoms. The number of Topliss-reactive ketones (excluding diaryl/α,β-unsaturated/α-hetero) is 1. The smallest absolute Gasteiger partial charge is 0.159 e. The van der Waals surface area contributed by atoms with Gasteiger partial charge in [-0.3, -0.25) is 4.79 Å². The summed E-state index contributed by atoms with van der Waals surface area (Å²) in [7, 11) is 0. The van der Waals surface area contributed by atoms with Crippen molar-refractivity contribution in [2.45, 2.75) is 14.4 Å². The molecule has 4 N–H and O–H groups in total. The highest BCUT2D eigenvalue weighted by atomic mass is 16.1. The minimum absolute atomic E-state index is 0. The van der Waals surface area contributed by atoms with Crippen LogP contribution in [0.25, 0.3) is 0 Å². The first-order valence-corrected chi connectivity index (χ1v) is 3.26. The minimum atomic E-state index is -0.0241. The van der Waals surface area contributed by atoms with Gasteiger partial charge in [0.05, 0.1) is 0 Å². The molecule has 3 nitrogen and oxygen atoms in total. The summed E-state index contributed by atoms with van der Waals surface area (Å²) in [5.74, 6) is -0.0241. The van der Waals surface area contributed by atoms with Gasteiger partial charge in [0.2, 0.25) is 0 Å².